The molecular weight excluding hydrogens is 170 g/mol. The molecule has 0 saturated heterocycles. The Morgan fingerprint density at radius 3 is 2.46 bits per heavy atom. The van der Waals surface area contributed by atoms with Crippen molar-refractivity contribution in [3.8, 4) is 0 Å². The molecule has 4 N–H and O–H groups in total. The number of nitrogens with two attached hydrogens (primary N) is 1. The molecule has 1 unspecified atom stereocenters. The van der Waals surface area contributed by atoms with Gasteiger partial charge in [-0.25, -0.2) is 4.79 Å². The van der Waals surface area contributed by atoms with Crippen molar-refractivity contribution in [1.29, 1.82) is 5.41 Å². The van der Waals surface area contributed by atoms with Crippen molar-refractivity contribution in [1.82, 2.24) is 5.32 Å². The van der Waals surface area contributed by atoms with Crippen molar-refractivity contribution in [3.63, 3.8) is 0 Å². The van der Waals surface area contributed by atoms with E-state index < -0.39 is 12.1 Å². The average Bonchev–Trinajstić information content (AvgIpc) is 1.98. The molecule has 76 valence electrons. The zero-order chi connectivity index (χ0) is 10.4. The molecule has 13 heavy (non-hydrogen) atoms. The van der Waals surface area contributed by atoms with E-state index >= 15 is 0 Å². The molecule has 0 spiro atoms. The van der Waals surface area contributed by atoms with Crippen LogP contribution in [0.25, 0.3) is 0 Å². The van der Waals surface area contributed by atoms with E-state index in [1.54, 1.807) is 13.8 Å². The van der Waals surface area contributed by atoms with Gasteiger partial charge in [0.2, 0.25) is 0 Å². The number of hydrogen-bond donors (Lipinski definition) is 3. The van der Waals surface area contributed by atoms with Gasteiger partial charge in [-0.15, -0.1) is 0 Å². The molecule has 0 aromatic carbocycles. The van der Waals surface area contributed by atoms with Gasteiger partial charge in [0.05, 0.1) is 12.1 Å². The van der Waals surface area contributed by atoms with Crippen LogP contribution < -0.4 is 11.1 Å². The number of rotatable bonds is 4. The first-order valence-electron chi connectivity index (χ1n) is 4.28. The lowest BCUT2D eigenvalue weighted by atomic mass is 10.2. The van der Waals surface area contributed by atoms with Crippen LogP contribution in [0.1, 0.15) is 27.2 Å². The fraction of sp³-hybridized carbons (Fsp3) is 0.750. The fourth-order valence-electron chi connectivity index (χ4n) is 0.790. The van der Waals surface area contributed by atoms with Crippen molar-refractivity contribution >= 4 is 11.9 Å². The smallest absolute Gasteiger partial charge is 0.407 e. The van der Waals surface area contributed by atoms with Crippen LogP contribution in [0, 0.1) is 5.41 Å². The molecule has 0 saturated carbocycles. The van der Waals surface area contributed by atoms with E-state index in [0.29, 0.717) is 6.42 Å². The highest BCUT2D eigenvalue weighted by Crippen LogP contribution is 1.93. The lowest BCUT2D eigenvalue weighted by molar-refractivity contribution is 0.114. The Morgan fingerprint density at radius 2 is 2.15 bits per heavy atom. The van der Waals surface area contributed by atoms with E-state index in [-0.39, 0.29) is 11.9 Å². The Kier molecular flexibility index (Phi) is 4.87. The first-order chi connectivity index (χ1) is 5.97. The molecule has 0 aromatic heterocycles. The maximum absolute atomic E-state index is 11.0. The average molecular weight is 187 g/mol. The van der Waals surface area contributed by atoms with Crippen LogP contribution >= 0.6 is 0 Å². The summed E-state index contributed by atoms with van der Waals surface area (Å²) >= 11 is 0. The van der Waals surface area contributed by atoms with Crippen LogP contribution in [-0.2, 0) is 4.74 Å². The summed E-state index contributed by atoms with van der Waals surface area (Å²) < 4.78 is 4.83. The number of alkyl carbamates (subject to hydrolysis) is 1. The number of ether oxygens (including phenoxy) is 1. The van der Waals surface area contributed by atoms with Crippen molar-refractivity contribution in [3.05, 3.63) is 0 Å². The van der Waals surface area contributed by atoms with E-state index in [2.05, 4.69) is 5.32 Å². The number of amides is 1. The summed E-state index contributed by atoms with van der Waals surface area (Å²) in [7, 11) is 0. The number of amidine groups is 1. The summed E-state index contributed by atoms with van der Waals surface area (Å²) in [5, 5.41) is 9.62. The minimum atomic E-state index is -0.531. The van der Waals surface area contributed by atoms with Crippen LogP contribution in [0.15, 0.2) is 0 Å². The highest BCUT2D eigenvalue weighted by atomic mass is 16.6. The van der Waals surface area contributed by atoms with Crippen molar-refractivity contribution in [2.75, 3.05) is 0 Å². The summed E-state index contributed by atoms with van der Waals surface area (Å²) in [5.41, 5.74) is 5.24. The Balaban J connectivity index is 3.94. The Hall–Kier alpha value is -1.26. The minimum Gasteiger partial charge on any atom is -0.447 e. The third kappa shape index (κ3) is 5.05. The molecule has 0 fully saturated rings. The minimum absolute atomic E-state index is 0.0526. The summed E-state index contributed by atoms with van der Waals surface area (Å²) in [6.07, 6.45) is -0.107. The SMILES string of the molecule is CCC(NC(=O)OC(C)C)C(=N)N. The first-order valence-corrected chi connectivity index (χ1v) is 4.28. The summed E-state index contributed by atoms with van der Waals surface area (Å²) in [4.78, 5) is 11.0. The molecule has 1 atom stereocenters. The normalized spacial score (nSPS) is 12.3. The molecule has 5 heteroatoms. The van der Waals surface area contributed by atoms with Gasteiger partial charge >= 0.3 is 6.09 Å². The fourth-order valence-corrected chi connectivity index (χ4v) is 0.790. The van der Waals surface area contributed by atoms with E-state index in [4.69, 9.17) is 15.9 Å². The zero-order valence-electron chi connectivity index (χ0n) is 8.26. The van der Waals surface area contributed by atoms with Crippen LogP contribution in [0.4, 0.5) is 4.79 Å². The molecule has 0 bridgehead atoms. The van der Waals surface area contributed by atoms with Crippen LogP contribution in [0.5, 0.6) is 0 Å². The first kappa shape index (κ1) is 11.7. The van der Waals surface area contributed by atoms with Crippen molar-refractivity contribution < 1.29 is 9.53 Å². The van der Waals surface area contributed by atoms with E-state index in [1.807, 2.05) is 6.92 Å². The Labute approximate surface area is 78.1 Å². The standard InChI is InChI=1S/C8H17N3O2/c1-4-6(7(9)10)11-8(12)13-5(2)3/h5-6H,4H2,1-3H3,(H3,9,10)(H,11,12). The molecule has 5 nitrogen and oxygen atoms in total. The summed E-state index contributed by atoms with van der Waals surface area (Å²) in [5.74, 6) is -0.0526. The van der Waals surface area contributed by atoms with E-state index in [0.717, 1.165) is 0 Å². The second kappa shape index (κ2) is 5.40. The molecule has 0 aromatic rings. The van der Waals surface area contributed by atoms with Crippen LogP contribution in [-0.4, -0.2) is 24.1 Å². The van der Waals surface area contributed by atoms with Gasteiger partial charge in [0.15, 0.2) is 0 Å². The maximum atomic E-state index is 11.0. The quantitative estimate of drug-likeness (QED) is 0.450. The lowest BCUT2D eigenvalue weighted by Crippen LogP contribution is -2.44. The second-order valence-electron chi connectivity index (χ2n) is 3.01. The number of carbonyl (C=O) groups is 1. The van der Waals surface area contributed by atoms with Gasteiger partial charge in [0.1, 0.15) is 5.84 Å². The van der Waals surface area contributed by atoms with Crippen molar-refractivity contribution in [2.45, 2.75) is 39.3 Å². The van der Waals surface area contributed by atoms with Gasteiger partial charge in [0.25, 0.3) is 0 Å². The Bertz CT molecular complexity index is 192. The third-order valence-corrected chi connectivity index (χ3v) is 1.42. The third-order valence-electron chi connectivity index (χ3n) is 1.42. The number of nitrogens with one attached hydrogen (secondary N) is 2. The van der Waals surface area contributed by atoms with Crippen LogP contribution in [0.3, 0.4) is 0 Å². The number of carbonyl (C=O) groups excluding carboxylic acids is 1. The monoisotopic (exact) mass is 187 g/mol. The van der Waals surface area contributed by atoms with Crippen LogP contribution in [0.2, 0.25) is 0 Å². The molecular formula is C8H17N3O2. The highest BCUT2D eigenvalue weighted by molar-refractivity contribution is 5.86. The molecule has 0 radical (unpaired) electrons. The van der Waals surface area contributed by atoms with Gasteiger partial charge in [0, 0.05) is 0 Å². The molecule has 1 amide bonds. The summed E-state index contributed by atoms with van der Waals surface area (Å²) in [6, 6.07) is -0.425. The van der Waals surface area contributed by atoms with E-state index in [1.165, 1.54) is 0 Å². The molecule has 0 rings (SSSR count). The lowest BCUT2D eigenvalue weighted by Gasteiger charge is -2.16. The van der Waals surface area contributed by atoms with Gasteiger partial charge in [-0.2, -0.15) is 0 Å². The predicted octanol–water partition coefficient (Wildman–Crippen LogP) is 0.836. The van der Waals surface area contributed by atoms with E-state index in [9.17, 15) is 4.79 Å². The molecule has 0 aliphatic heterocycles. The van der Waals surface area contributed by atoms with Gasteiger partial charge in [-0.05, 0) is 20.3 Å². The Morgan fingerprint density at radius 1 is 1.62 bits per heavy atom. The summed E-state index contributed by atoms with van der Waals surface area (Å²) in [6.45, 7) is 5.35. The molecule has 0 heterocycles. The second-order valence-corrected chi connectivity index (χ2v) is 3.01. The number of hydrogen-bond acceptors (Lipinski definition) is 3. The zero-order valence-corrected chi connectivity index (χ0v) is 8.26. The molecule has 0 aliphatic rings. The van der Waals surface area contributed by atoms with Gasteiger partial charge < -0.3 is 15.8 Å². The molecule has 0 aliphatic carbocycles. The highest BCUT2D eigenvalue weighted by Gasteiger charge is 2.14. The van der Waals surface area contributed by atoms with Gasteiger partial charge in [-0.1, -0.05) is 6.92 Å². The van der Waals surface area contributed by atoms with Crippen molar-refractivity contribution in [2.24, 2.45) is 5.73 Å². The topological polar surface area (TPSA) is 88.2 Å². The maximum Gasteiger partial charge on any atom is 0.407 e. The largest absolute Gasteiger partial charge is 0.447 e. The predicted molar refractivity (Wildman–Crippen MR) is 50.7 cm³/mol. The van der Waals surface area contributed by atoms with Gasteiger partial charge in [-0.3, -0.25) is 5.41 Å².